The van der Waals surface area contributed by atoms with Crippen LogP contribution in [0.1, 0.15) is 5.56 Å². The van der Waals surface area contributed by atoms with Gasteiger partial charge in [-0.3, -0.25) is 0 Å². The smallest absolute Gasteiger partial charge is 0.268 e. The van der Waals surface area contributed by atoms with Crippen molar-refractivity contribution in [1.29, 1.82) is 5.26 Å². The normalized spacial score (nSPS) is 14.6. The Hall–Kier alpha value is -2.60. The number of fused-ring (bicyclic) bond motifs is 1. The van der Waals surface area contributed by atoms with Crippen LogP contribution in [0.15, 0.2) is 53.7 Å². The van der Waals surface area contributed by atoms with Crippen LogP contribution in [0.5, 0.6) is 0 Å². The number of pyridine rings is 1. The first-order valence-corrected chi connectivity index (χ1v) is 9.73. The predicted molar refractivity (Wildman–Crippen MR) is 106 cm³/mol. The molecule has 0 radical (unpaired) electrons. The second-order valence-electron chi connectivity index (χ2n) is 6.06. The van der Waals surface area contributed by atoms with Crippen LogP contribution in [0.2, 0.25) is 0 Å². The van der Waals surface area contributed by atoms with Gasteiger partial charge < -0.3 is 10.2 Å². The molecule has 1 aliphatic heterocycles. The van der Waals surface area contributed by atoms with Crippen LogP contribution in [0.3, 0.4) is 0 Å². The molecule has 140 valence electrons. The van der Waals surface area contributed by atoms with E-state index in [1.807, 2.05) is 6.07 Å². The second-order valence-corrected chi connectivity index (χ2v) is 7.87. The number of hydrogen-bond donors (Lipinski definition) is 1. The minimum atomic E-state index is -3.75. The van der Waals surface area contributed by atoms with Crippen LogP contribution in [-0.4, -0.2) is 43.6 Å². The third kappa shape index (κ3) is 3.37. The minimum Gasteiger partial charge on any atom is -0.354 e. The molecule has 0 spiro atoms. The summed E-state index contributed by atoms with van der Waals surface area (Å²) in [5, 5.41) is 13.0. The van der Waals surface area contributed by atoms with Crippen molar-refractivity contribution in [1.82, 2.24) is 14.3 Å². The zero-order valence-electron chi connectivity index (χ0n) is 14.4. The van der Waals surface area contributed by atoms with Gasteiger partial charge in [0.05, 0.1) is 22.0 Å². The Labute approximate surface area is 163 Å². The van der Waals surface area contributed by atoms with E-state index in [9.17, 15) is 8.42 Å². The maximum absolute atomic E-state index is 13.0. The highest BCUT2D eigenvalue weighted by Gasteiger charge is 2.22. The summed E-state index contributed by atoms with van der Waals surface area (Å²) in [5.74, 6) is 0.803. The van der Waals surface area contributed by atoms with Gasteiger partial charge in [-0.25, -0.2) is 17.4 Å². The van der Waals surface area contributed by atoms with Gasteiger partial charge in [0.15, 0.2) is 0 Å². The van der Waals surface area contributed by atoms with E-state index >= 15 is 0 Å². The lowest BCUT2D eigenvalue weighted by Crippen LogP contribution is -2.43. The average Bonchev–Trinajstić information content (AvgIpc) is 3.14. The summed E-state index contributed by atoms with van der Waals surface area (Å²) >= 11 is 0. The van der Waals surface area contributed by atoms with E-state index in [0.29, 0.717) is 11.1 Å². The van der Waals surface area contributed by atoms with Crippen LogP contribution in [0.4, 0.5) is 5.82 Å². The SMILES string of the molecule is Cl.N#Cc1ccc(S(=O)(=O)n2ccc3c(N4CCNCC4)nccc32)cc1. The molecular weight excluding hydrogens is 386 g/mol. The number of nitrogens with zero attached hydrogens (tertiary/aromatic N) is 4. The second kappa shape index (κ2) is 7.56. The van der Waals surface area contributed by atoms with Crippen molar-refractivity contribution in [3.05, 3.63) is 54.4 Å². The molecule has 4 rings (SSSR count). The molecule has 1 fully saturated rings. The molecule has 1 aliphatic rings. The van der Waals surface area contributed by atoms with Crippen molar-refractivity contribution in [2.75, 3.05) is 31.1 Å². The third-order valence-corrected chi connectivity index (χ3v) is 6.22. The van der Waals surface area contributed by atoms with Crippen molar-refractivity contribution in [3.8, 4) is 6.07 Å². The first kappa shape index (κ1) is 19.2. The summed E-state index contributed by atoms with van der Waals surface area (Å²) in [6.45, 7) is 3.42. The lowest BCUT2D eigenvalue weighted by atomic mass is 10.2. The minimum absolute atomic E-state index is 0. The number of anilines is 1. The van der Waals surface area contributed by atoms with Gasteiger partial charge in [-0.15, -0.1) is 12.4 Å². The number of hydrogen-bond acceptors (Lipinski definition) is 6. The number of rotatable bonds is 3. The Bertz CT molecular complexity index is 1100. The fourth-order valence-electron chi connectivity index (χ4n) is 3.18. The van der Waals surface area contributed by atoms with Crippen LogP contribution >= 0.6 is 12.4 Å². The van der Waals surface area contributed by atoms with Gasteiger partial charge in [-0.05, 0) is 36.4 Å². The zero-order chi connectivity index (χ0) is 18.1. The van der Waals surface area contributed by atoms with Crippen LogP contribution in [0.25, 0.3) is 10.9 Å². The van der Waals surface area contributed by atoms with Gasteiger partial charge in [0.25, 0.3) is 10.0 Å². The van der Waals surface area contributed by atoms with E-state index in [1.54, 1.807) is 24.5 Å². The van der Waals surface area contributed by atoms with Crippen molar-refractivity contribution >= 4 is 39.2 Å². The van der Waals surface area contributed by atoms with Gasteiger partial charge in [0, 0.05) is 44.0 Å². The zero-order valence-corrected chi connectivity index (χ0v) is 16.0. The number of piperazine rings is 1. The number of aromatic nitrogens is 2. The van der Waals surface area contributed by atoms with Crippen molar-refractivity contribution in [2.45, 2.75) is 4.90 Å². The molecule has 7 nitrogen and oxygen atoms in total. The van der Waals surface area contributed by atoms with E-state index in [1.165, 1.54) is 28.2 Å². The lowest BCUT2D eigenvalue weighted by molar-refractivity contribution is 0.586. The third-order valence-electron chi connectivity index (χ3n) is 4.52. The summed E-state index contributed by atoms with van der Waals surface area (Å²) in [6.07, 6.45) is 3.20. The summed E-state index contributed by atoms with van der Waals surface area (Å²) in [6, 6.07) is 11.4. The molecule has 0 unspecified atom stereocenters. The Morgan fingerprint density at radius 3 is 2.44 bits per heavy atom. The molecule has 1 N–H and O–H groups in total. The number of halogens is 1. The van der Waals surface area contributed by atoms with E-state index in [-0.39, 0.29) is 17.3 Å². The molecule has 0 bridgehead atoms. The Morgan fingerprint density at radius 1 is 1.07 bits per heavy atom. The van der Waals surface area contributed by atoms with Crippen molar-refractivity contribution in [3.63, 3.8) is 0 Å². The summed E-state index contributed by atoms with van der Waals surface area (Å²) in [4.78, 5) is 6.79. The van der Waals surface area contributed by atoms with Crippen molar-refractivity contribution in [2.24, 2.45) is 0 Å². The first-order chi connectivity index (χ1) is 12.6. The molecule has 3 heterocycles. The van der Waals surface area contributed by atoms with Gasteiger partial charge in [-0.2, -0.15) is 5.26 Å². The molecule has 27 heavy (non-hydrogen) atoms. The highest BCUT2D eigenvalue weighted by molar-refractivity contribution is 7.90. The lowest BCUT2D eigenvalue weighted by Gasteiger charge is -2.28. The first-order valence-electron chi connectivity index (χ1n) is 8.29. The van der Waals surface area contributed by atoms with Crippen LogP contribution < -0.4 is 10.2 Å². The summed E-state index contributed by atoms with van der Waals surface area (Å²) < 4.78 is 27.3. The monoisotopic (exact) mass is 403 g/mol. The fourth-order valence-corrected chi connectivity index (χ4v) is 4.53. The molecule has 0 saturated carbocycles. The van der Waals surface area contributed by atoms with Crippen molar-refractivity contribution < 1.29 is 8.42 Å². The molecule has 1 saturated heterocycles. The van der Waals surface area contributed by atoms with E-state index in [0.717, 1.165) is 37.4 Å². The topological polar surface area (TPSA) is 91.0 Å². The number of nitrogens with one attached hydrogen (secondary N) is 1. The molecule has 2 aromatic heterocycles. The van der Waals surface area contributed by atoms with Crippen LogP contribution in [0, 0.1) is 11.3 Å². The van der Waals surface area contributed by atoms with E-state index in [4.69, 9.17) is 5.26 Å². The van der Waals surface area contributed by atoms with Gasteiger partial charge in [-0.1, -0.05) is 0 Å². The Morgan fingerprint density at radius 2 is 1.78 bits per heavy atom. The number of benzene rings is 1. The predicted octanol–water partition coefficient (Wildman–Crippen LogP) is 1.98. The molecular formula is C18H18ClN5O2S. The maximum Gasteiger partial charge on any atom is 0.268 e. The Kier molecular flexibility index (Phi) is 5.37. The maximum atomic E-state index is 13.0. The molecule has 0 aliphatic carbocycles. The quantitative estimate of drug-likeness (QED) is 0.719. The molecule has 0 atom stereocenters. The highest BCUT2D eigenvalue weighted by atomic mass is 35.5. The standard InChI is InChI=1S/C18H17N5O2S.ClH/c19-13-14-1-3-15(4-2-14)26(24,25)23-10-6-16-17(23)5-7-21-18(16)22-11-8-20-9-12-22;/h1-7,10,20H,8-9,11-12H2;1H. The highest BCUT2D eigenvalue weighted by Crippen LogP contribution is 2.28. The van der Waals surface area contributed by atoms with Gasteiger partial charge in [0.2, 0.25) is 0 Å². The molecule has 3 aromatic rings. The Balaban J connectivity index is 0.00000210. The van der Waals surface area contributed by atoms with E-state index in [2.05, 4.69) is 15.2 Å². The molecule has 9 heteroatoms. The summed E-state index contributed by atoms with van der Waals surface area (Å²) in [5.41, 5.74) is 1.02. The molecule has 1 aromatic carbocycles. The van der Waals surface area contributed by atoms with Crippen LogP contribution in [-0.2, 0) is 10.0 Å². The van der Waals surface area contributed by atoms with Gasteiger partial charge in [0.1, 0.15) is 5.82 Å². The molecule has 0 amide bonds. The summed E-state index contributed by atoms with van der Waals surface area (Å²) in [7, 11) is -3.75. The number of nitriles is 1. The van der Waals surface area contributed by atoms with Gasteiger partial charge >= 0.3 is 0 Å². The van der Waals surface area contributed by atoms with E-state index < -0.39 is 10.0 Å². The average molecular weight is 404 g/mol. The fraction of sp³-hybridized carbons (Fsp3) is 0.222. The largest absolute Gasteiger partial charge is 0.354 e.